The largest absolute Gasteiger partial charge is 0.495 e. The zero-order chi connectivity index (χ0) is 22.3. The summed E-state index contributed by atoms with van der Waals surface area (Å²) in [5.74, 6) is -0.623. The molecule has 30 heavy (non-hydrogen) atoms. The topological polar surface area (TPSA) is 102 Å². The second kappa shape index (κ2) is 10.1. The van der Waals surface area contributed by atoms with Crippen LogP contribution in [0.2, 0.25) is 0 Å². The van der Waals surface area contributed by atoms with Crippen molar-refractivity contribution in [1.29, 1.82) is 0 Å². The molecule has 0 aliphatic rings. The Balaban J connectivity index is 2.31. The maximum atomic E-state index is 12.9. The standard InChI is InChI=1S/C21H26N2O6S/c1-5-29-20(24)14-23(15(2)3)21(25)16-9-8-10-17(13-16)30(26,27)22-18-11-6-7-12-19(18)28-4/h6-13,15,22H,5,14H2,1-4H3. The fraction of sp³-hybridized carbons (Fsp3) is 0.333. The van der Waals surface area contributed by atoms with Gasteiger partial charge in [-0.25, -0.2) is 8.42 Å². The van der Waals surface area contributed by atoms with E-state index in [1.54, 1.807) is 45.0 Å². The third-order valence-corrected chi connectivity index (χ3v) is 5.59. The molecular formula is C21H26N2O6S. The molecule has 0 unspecified atom stereocenters. The minimum atomic E-state index is -3.97. The number of hydrogen-bond donors (Lipinski definition) is 1. The summed E-state index contributed by atoms with van der Waals surface area (Å²) >= 11 is 0. The predicted molar refractivity (Wildman–Crippen MR) is 113 cm³/mol. The van der Waals surface area contributed by atoms with Gasteiger partial charge in [0.1, 0.15) is 12.3 Å². The molecule has 0 radical (unpaired) electrons. The van der Waals surface area contributed by atoms with Gasteiger partial charge in [-0.1, -0.05) is 18.2 Å². The van der Waals surface area contributed by atoms with Crippen LogP contribution in [0.15, 0.2) is 53.4 Å². The summed E-state index contributed by atoms with van der Waals surface area (Å²) in [5, 5.41) is 0. The number of carbonyl (C=O) groups excluding carboxylic acids is 2. The van der Waals surface area contributed by atoms with Crippen molar-refractivity contribution < 1.29 is 27.5 Å². The first-order valence-corrected chi connectivity index (χ1v) is 10.9. The molecule has 162 valence electrons. The van der Waals surface area contributed by atoms with Crippen molar-refractivity contribution in [3.8, 4) is 5.75 Å². The van der Waals surface area contributed by atoms with E-state index in [2.05, 4.69) is 4.72 Å². The summed E-state index contributed by atoms with van der Waals surface area (Å²) < 4.78 is 38.3. The molecule has 2 aromatic carbocycles. The van der Waals surface area contributed by atoms with E-state index < -0.39 is 21.9 Å². The molecule has 0 spiro atoms. The summed E-state index contributed by atoms with van der Waals surface area (Å²) in [6, 6.07) is 12.0. The van der Waals surface area contributed by atoms with Gasteiger partial charge in [0.25, 0.3) is 15.9 Å². The number of esters is 1. The third kappa shape index (κ3) is 5.73. The normalized spacial score (nSPS) is 11.1. The lowest BCUT2D eigenvalue weighted by Gasteiger charge is -2.26. The summed E-state index contributed by atoms with van der Waals surface area (Å²) in [6.07, 6.45) is 0. The highest BCUT2D eigenvalue weighted by Crippen LogP contribution is 2.26. The average molecular weight is 435 g/mol. The van der Waals surface area contributed by atoms with Crippen LogP contribution in [0.1, 0.15) is 31.1 Å². The van der Waals surface area contributed by atoms with Crippen LogP contribution in [0.4, 0.5) is 5.69 Å². The number of amides is 1. The minimum Gasteiger partial charge on any atom is -0.495 e. The lowest BCUT2D eigenvalue weighted by Crippen LogP contribution is -2.41. The highest BCUT2D eigenvalue weighted by atomic mass is 32.2. The fourth-order valence-corrected chi connectivity index (χ4v) is 3.85. The molecule has 0 aliphatic carbocycles. The Morgan fingerprint density at radius 2 is 1.80 bits per heavy atom. The lowest BCUT2D eigenvalue weighted by atomic mass is 10.1. The van der Waals surface area contributed by atoms with Crippen LogP contribution in [0.25, 0.3) is 0 Å². The molecule has 9 heteroatoms. The summed E-state index contributed by atoms with van der Waals surface area (Å²) in [7, 11) is -2.53. The van der Waals surface area contributed by atoms with Gasteiger partial charge in [0.15, 0.2) is 0 Å². The molecule has 0 atom stereocenters. The van der Waals surface area contributed by atoms with Gasteiger partial charge >= 0.3 is 5.97 Å². The number of ether oxygens (including phenoxy) is 2. The van der Waals surface area contributed by atoms with Crippen LogP contribution in [0.3, 0.4) is 0 Å². The highest BCUT2D eigenvalue weighted by molar-refractivity contribution is 7.92. The lowest BCUT2D eigenvalue weighted by molar-refractivity contribution is -0.144. The van der Waals surface area contributed by atoms with E-state index in [9.17, 15) is 18.0 Å². The fourth-order valence-electron chi connectivity index (χ4n) is 2.73. The van der Waals surface area contributed by atoms with Crippen LogP contribution in [0, 0.1) is 0 Å². The van der Waals surface area contributed by atoms with Gasteiger partial charge in [-0.15, -0.1) is 0 Å². The van der Waals surface area contributed by atoms with E-state index in [0.29, 0.717) is 5.75 Å². The second-order valence-electron chi connectivity index (χ2n) is 6.67. The Labute approximate surface area is 176 Å². The molecule has 0 bridgehead atoms. The molecule has 2 aromatic rings. The van der Waals surface area contributed by atoms with E-state index >= 15 is 0 Å². The molecule has 2 rings (SSSR count). The summed E-state index contributed by atoms with van der Waals surface area (Å²) in [5.41, 5.74) is 0.429. The number of carbonyl (C=O) groups is 2. The van der Waals surface area contributed by atoms with Crippen molar-refractivity contribution in [3.05, 3.63) is 54.1 Å². The monoisotopic (exact) mass is 434 g/mol. The number of nitrogens with one attached hydrogen (secondary N) is 1. The molecule has 0 fully saturated rings. The van der Waals surface area contributed by atoms with E-state index in [0.717, 1.165) is 0 Å². The van der Waals surface area contributed by atoms with Gasteiger partial charge in [0.05, 0.1) is 24.3 Å². The molecule has 8 nitrogen and oxygen atoms in total. The van der Waals surface area contributed by atoms with E-state index in [1.807, 2.05) is 0 Å². The predicted octanol–water partition coefficient (Wildman–Crippen LogP) is 2.91. The number of anilines is 1. The van der Waals surface area contributed by atoms with Crippen molar-refractivity contribution in [3.63, 3.8) is 0 Å². The van der Waals surface area contributed by atoms with Crippen LogP contribution in [-0.4, -0.2) is 51.5 Å². The number of benzene rings is 2. The molecule has 1 amide bonds. The van der Waals surface area contributed by atoms with Crippen LogP contribution in [0.5, 0.6) is 5.75 Å². The zero-order valence-corrected chi connectivity index (χ0v) is 18.2. The number of methoxy groups -OCH3 is 1. The molecule has 0 saturated heterocycles. The van der Waals surface area contributed by atoms with Gasteiger partial charge in [-0.2, -0.15) is 0 Å². The van der Waals surface area contributed by atoms with Gasteiger partial charge in [-0.05, 0) is 51.1 Å². The van der Waals surface area contributed by atoms with Gasteiger partial charge in [-0.3, -0.25) is 14.3 Å². The third-order valence-electron chi connectivity index (χ3n) is 4.23. The van der Waals surface area contributed by atoms with Crippen LogP contribution < -0.4 is 9.46 Å². The molecule has 0 heterocycles. The number of para-hydroxylation sites is 2. The summed E-state index contributed by atoms with van der Waals surface area (Å²) in [4.78, 5) is 26.0. The Bertz CT molecular complexity index is 1000. The Morgan fingerprint density at radius 3 is 2.43 bits per heavy atom. The highest BCUT2D eigenvalue weighted by Gasteiger charge is 2.24. The van der Waals surface area contributed by atoms with E-state index in [1.165, 1.54) is 36.3 Å². The van der Waals surface area contributed by atoms with E-state index in [-0.39, 0.29) is 35.3 Å². The SMILES string of the molecule is CCOC(=O)CN(C(=O)c1cccc(S(=O)(=O)Nc2ccccc2OC)c1)C(C)C. The number of sulfonamides is 1. The first-order valence-electron chi connectivity index (χ1n) is 9.42. The molecular weight excluding hydrogens is 408 g/mol. The van der Waals surface area contributed by atoms with Crippen LogP contribution in [-0.2, 0) is 19.6 Å². The van der Waals surface area contributed by atoms with Gasteiger partial charge in [0.2, 0.25) is 0 Å². The van der Waals surface area contributed by atoms with Crippen molar-refractivity contribution in [1.82, 2.24) is 4.90 Å². The number of rotatable bonds is 9. The molecule has 0 aliphatic heterocycles. The smallest absolute Gasteiger partial charge is 0.325 e. The average Bonchev–Trinajstić information content (AvgIpc) is 2.72. The van der Waals surface area contributed by atoms with E-state index in [4.69, 9.17) is 9.47 Å². The Hall–Kier alpha value is -3.07. The van der Waals surface area contributed by atoms with Crippen LogP contribution >= 0.6 is 0 Å². The maximum Gasteiger partial charge on any atom is 0.325 e. The Kier molecular flexibility index (Phi) is 7.82. The van der Waals surface area contributed by atoms with Gasteiger partial charge in [0, 0.05) is 11.6 Å². The minimum absolute atomic E-state index is 0.0842. The summed E-state index contributed by atoms with van der Waals surface area (Å²) in [6.45, 7) is 5.20. The molecule has 0 aromatic heterocycles. The van der Waals surface area contributed by atoms with Crippen molar-refractivity contribution in [2.75, 3.05) is 25.0 Å². The maximum absolute atomic E-state index is 12.9. The Morgan fingerprint density at radius 1 is 1.10 bits per heavy atom. The van der Waals surface area contributed by atoms with Crippen molar-refractivity contribution in [2.45, 2.75) is 31.7 Å². The number of hydrogen-bond acceptors (Lipinski definition) is 6. The molecule has 1 N–H and O–H groups in total. The second-order valence-corrected chi connectivity index (χ2v) is 8.35. The van der Waals surface area contributed by atoms with Crippen molar-refractivity contribution in [2.24, 2.45) is 0 Å². The van der Waals surface area contributed by atoms with Gasteiger partial charge < -0.3 is 14.4 Å². The van der Waals surface area contributed by atoms with Crippen molar-refractivity contribution >= 4 is 27.6 Å². The number of nitrogens with zero attached hydrogens (tertiary/aromatic N) is 1. The first-order chi connectivity index (χ1) is 14.2. The quantitative estimate of drug-likeness (QED) is 0.609. The molecule has 0 saturated carbocycles. The zero-order valence-electron chi connectivity index (χ0n) is 17.4. The first kappa shape index (κ1) is 23.2.